The molecule has 6 N–H and O–H groups in total. The number of aliphatic hydroxyl groups excluding tert-OH is 4. The van der Waals surface area contributed by atoms with Gasteiger partial charge < -0.3 is 35.2 Å². The Morgan fingerprint density at radius 3 is 1.43 bits per heavy atom. The average molecular weight is 824 g/mol. The maximum atomic E-state index is 13.0. The molecule has 0 radical (unpaired) electrons. The molecule has 1 amide bonds. The molecule has 12 nitrogen and oxygen atoms in total. The van der Waals surface area contributed by atoms with E-state index in [9.17, 15) is 38.2 Å². The largest absolute Gasteiger partial charge is 0.397 e. The van der Waals surface area contributed by atoms with Crippen LogP contribution in [0.15, 0.2) is 0 Å². The second-order valence-electron chi connectivity index (χ2n) is 16.4. The quantitative estimate of drug-likeness (QED) is 0.0257. The van der Waals surface area contributed by atoms with Crippen molar-refractivity contribution in [1.29, 1.82) is 0 Å². The van der Waals surface area contributed by atoms with Crippen molar-refractivity contribution >= 4 is 16.3 Å². The van der Waals surface area contributed by atoms with Gasteiger partial charge in [-0.05, 0) is 12.8 Å². The lowest BCUT2D eigenvalue weighted by molar-refractivity contribution is -0.298. The molecule has 0 aromatic rings. The minimum atomic E-state index is -5.07. The Balaban J connectivity index is 2.49. The molecule has 0 aromatic carbocycles. The van der Waals surface area contributed by atoms with Crippen LogP contribution in [0.1, 0.15) is 213 Å². The van der Waals surface area contributed by atoms with Crippen LogP contribution >= 0.6 is 0 Å². The molecule has 13 heteroatoms. The molecule has 1 fully saturated rings. The Morgan fingerprint density at radius 1 is 0.643 bits per heavy atom. The van der Waals surface area contributed by atoms with Gasteiger partial charge in [0, 0.05) is 6.42 Å². The summed E-state index contributed by atoms with van der Waals surface area (Å²) in [7, 11) is -5.07. The molecule has 1 rings (SSSR count). The van der Waals surface area contributed by atoms with Gasteiger partial charge in [0.1, 0.15) is 24.4 Å². The Kier molecular flexibility index (Phi) is 33.1. The summed E-state index contributed by atoms with van der Waals surface area (Å²) in [5.74, 6) is -0.228. The summed E-state index contributed by atoms with van der Waals surface area (Å²) in [5.41, 5.74) is 0. The van der Waals surface area contributed by atoms with Gasteiger partial charge in [0.2, 0.25) is 5.91 Å². The third kappa shape index (κ3) is 27.7. The van der Waals surface area contributed by atoms with Crippen molar-refractivity contribution < 1.29 is 51.8 Å². The van der Waals surface area contributed by atoms with Gasteiger partial charge in [-0.1, -0.05) is 194 Å². The van der Waals surface area contributed by atoms with E-state index in [2.05, 4.69) is 23.3 Å². The van der Waals surface area contributed by atoms with Crippen LogP contribution in [-0.2, 0) is 28.9 Å². The maximum Gasteiger partial charge on any atom is 0.397 e. The Morgan fingerprint density at radius 2 is 1.04 bits per heavy atom. The number of hydrogen-bond acceptors (Lipinski definition) is 10. The van der Waals surface area contributed by atoms with Crippen LogP contribution < -0.4 is 5.32 Å². The van der Waals surface area contributed by atoms with E-state index in [4.69, 9.17) is 9.47 Å². The fraction of sp³-hybridized carbons (Fsp3) is 0.977. The van der Waals surface area contributed by atoms with Crippen molar-refractivity contribution in [1.82, 2.24) is 5.32 Å². The number of carbonyl (C=O) groups is 1. The molecule has 0 aromatic heterocycles. The molecule has 0 spiro atoms. The number of aliphatic hydroxyl groups is 4. The van der Waals surface area contributed by atoms with Crippen molar-refractivity contribution in [2.75, 3.05) is 13.2 Å². The van der Waals surface area contributed by atoms with Crippen molar-refractivity contribution in [3.05, 3.63) is 0 Å². The first kappa shape index (κ1) is 53.1. The normalized spacial score (nSPS) is 21.3. The molecule has 0 bridgehead atoms. The van der Waals surface area contributed by atoms with E-state index in [-0.39, 0.29) is 12.5 Å². The first-order valence-corrected chi connectivity index (χ1v) is 24.3. The molecule has 334 valence electrons. The molecule has 0 aliphatic carbocycles. The number of ether oxygens (including phenoxy) is 2. The van der Waals surface area contributed by atoms with Crippen LogP contribution in [0.5, 0.6) is 0 Å². The topological polar surface area (TPSA) is 192 Å². The van der Waals surface area contributed by atoms with Gasteiger partial charge in [-0.2, -0.15) is 8.42 Å². The van der Waals surface area contributed by atoms with Gasteiger partial charge in [-0.15, -0.1) is 0 Å². The Hall–Kier alpha value is -0.900. The monoisotopic (exact) mass is 824 g/mol. The minimum absolute atomic E-state index is 0.228. The number of carbonyl (C=O) groups excluding carboxylic acids is 1. The first-order valence-electron chi connectivity index (χ1n) is 22.9. The van der Waals surface area contributed by atoms with Crippen molar-refractivity contribution in [3.8, 4) is 0 Å². The zero-order valence-corrected chi connectivity index (χ0v) is 36.3. The number of hydrogen-bond donors (Lipinski definition) is 6. The molecule has 1 aliphatic heterocycles. The molecule has 1 heterocycles. The molecular weight excluding hydrogens is 739 g/mol. The van der Waals surface area contributed by atoms with Crippen molar-refractivity contribution in [2.24, 2.45) is 0 Å². The standard InChI is InChI=1S/C43H85NO11S/c1-3-5-7-9-11-13-15-17-18-19-20-21-22-24-26-28-30-32-37(46)36(44-39(47)33-31-29-27-25-23-16-14-12-10-8-6-4-2)35-53-43-41(49)42(55-56(50,51)52)40(48)38(34-45)54-43/h36-38,40-43,45-46,48-49H,3-35H2,1-2H3,(H,44,47)(H,50,51,52). The van der Waals surface area contributed by atoms with E-state index in [1.54, 1.807) is 0 Å². The van der Waals surface area contributed by atoms with Gasteiger partial charge in [-0.3, -0.25) is 9.35 Å². The fourth-order valence-corrected chi connectivity index (χ4v) is 8.09. The number of amides is 1. The molecular formula is C43H85NO11S. The lowest BCUT2D eigenvalue weighted by atomic mass is 9.99. The zero-order valence-electron chi connectivity index (χ0n) is 35.5. The van der Waals surface area contributed by atoms with Gasteiger partial charge in [-0.25, -0.2) is 4.18 Å². The molecule has 7 atom stereocenters. The second kappa shape index (κ2) is 34.9. The third-order valence-electron chi connectivity index (χ3n) is 11.2. The highest BCUT2D eigenvalue weighted by molar-refractivity contribution is 7.80. The van der Waals surface area contributed by atoms with Crippen LogP contribution in [0.2, 0.25) is 0 Å². The van der Waals surface area contributed by atoms with Crippen LogP contribution in [0.3, 0.4) is 0 Å². The summed E-state index contributed by atoms with van der Waals surface area (Å²) in [6.45, 7) is 3.45. The summed E-state index contributed by atoms with van der Waals surface area (Å²) < 4.78 is 47.6. The van der Waals surface area contributed by atoms with Gasteiger partial charge in [0.05, 0.1) is 25.4 Å². The maximum absolute atomic E-state index is 13.0. The van der Waals surface area contributed by atoms with E-state index in [1.807, 2.05) is 0 Å². The van der Waals surface area contributed by atoms with E-state index in [0.29, 0.717) is 12.8 Å². The van der Waals surface area contributed by atoms with Crippen LogP contribution in [-0.4, -0.2) is 95.4 Å². The highest BCUT2D eigenvalue weighted by Gasteiger charge is 2.48. The average Bonchev–Trinajstić information content (AvgIpc) is 3.16. The second-order valence-corrected chi connectivity index (χ2v) is 17.4. The Labute approximate surface area is 341 Å². The predicted molar refractivity (Wildman–Crippen MR) is 223 cm³/mol. The van der Waals surface area contributed by atoms with Crippen molar-refractivity contribution in [3.63, 3.8) is 0 Å². The van der Waals surface area contributed by atoms with E-state index < -0.39 is 59.9 Å². The minimum Gasteiger partial charge on any atom is -0.394 e. The van der Waals surface area contributed by atoms with Gasteiger partial charge in [0.15, 0.2) is 6.29 Å². The third-order valence-corrected chi connectivity index (χ3v) is 11.6. The van der Waals surface area contributed by atoms with Gasteiger partial charge >= 0.3 is 10.4 Å². The zero-order chi connectivity index (χ0) is 41.3. The number of nitrogens with one attached hydrogen (secondary N) is 1. The Bertz CT molecular complexity index is 1020. The summed E-state index contributed by atoms with van der Waals surface area (Å²) in [5, 5.41) is 44.8. The lowest BCUT2D eigenvalue weighted by Gasteiger charge is -2.41. The lowest BCUT2D eigenvalue weighted by Crippen LogP contribution is -2.61. The highest BCUT2D eigenvalue weighted by Crippen LogP contribution is 2.26. The highest BCUT2D eigenvalue weighted by atomic mass is 32.3. The number of rotatable bonds is 39. The molecule has 0 saturated carbocycles. The van der Waals surface area contributed by atoms with Crippen LogP contribution in [0, 0.1) is 0 Å². The summed E-state index contributed by atoms with van der Waals surface area (Å²) in [6, 6.07) is -0.850. The molecule has 7 unspecified atom stereocenters. The molecule has 1 aliphatic rings. The van der Waals surface area contributed by atoms with Gasteiger partial charge in [0.25, 0.3) is 0 Å². The van der Waals surface area contributed by atoms with E-state index in [0.717, 1.165) is 51.4 Å². The number of unbranched alkanes of at least 4 members (excludes halogenated alkanes) is 27. The molecule has 1 saturated heterocycles. The molecule has 56 heavy (non-hydrogen) atoms. The van der Waals surface area contributed by atoms with Crippen molar-refractivity contribution in [2.45, 2.75) is 256 Å². The van der Waals surface area contributed by atoms with Crippen LogP contribution in [0.25, 0.3) is 0 Å². The summed E-state index contributed by atoms with van der Waals surface area (Å²) in [4.78, 5) is 13.0. The van der Waals surface area contributed by atoms with E-state index in [1.165, 1.54) is 135 Å². The SMILES string of the molecule is CCCCCCCCCCCCCCCCCCCC(O)C(COC1OC(CO)C(O)C(OS(=O)(=O)O)C1O)NC(=O)CCCCCCCCCCCCCC. The predicted octanol–water partition coefficient (Wildman–Crippen LogP) is 8.61. The smallest absolute Gasteiger partial charge is 0.394 e. The summed E-state index contributed by atoms with van der Waals surface area (Å²) in [6.07, 6.45) is 26.7. The van der Waals surface area contributed by atoms with E-state index >= 15 is 0 Å². The summed E-state index contributed by atoms with van der Waals surface area (Å²) >= 11 is 0. The fourth-order valence-electron chi connectivity index (χ4n) is 7.58. The van der Waals surface area contributed by atoms with Crippen LogP contribution in [0.4, 0.5) is 0 Å². The first-order chi connectivity index (χ1) is 27.0.